The number of alkyl halides is 2. The molecule has 26 heavy (non-hydrogen) atoms. The van der Waals surface area contributed by atoms with Crippen molar-refractivity contribution in [2.75, 3.05) is 19.7 Å². The lowest BCUT2D eigenvalue weighted by Crippen LogP contribution is -2.48. The number of ether oxygens (including phenoxy) is 2. The van der Waals surface area contributed by atoms with E-state index < -0.39 is 6.61 Å². The average Bonchev–Trinajstić information content (AvgIpc) is 3.12. The second kappa shape index (κ2) is 6.96. The fraction of sp³-hybridized carbons (Fsp3) is 0.421. The smallest absolute Gasteiger partial charge is 0.387 e. The molecule has 1 aromatic carbocycles. The van der Waals surface area contributed by atoms with E-state index in [4.69, 9.17) is 4.74 Å². The van der Waals surface area contributed by atoms with Crippen molar-refractivity contribution in [3.05, 3.63) is 51.7 Å². The minimum atomic E-state index is -2.96. The maximum absolute atomic E-state index is 12.8. The molecule has 2 aromatic rings. The molecule has 1 saturated heterocycles. The van der Waals surface area contributed by atoms with Crippen LogP contribution in [0.15, 0.2) is 35.7 Å². The highest BCUT2D eigenvalue weighted by atomic mass is 32.1. The van der Waals surface area contributed by atoms with Crippen LogP contribution in [0.3, 0.4) is 0 Å². The fourth-order valence-electron chi connectivity index (χ4n) is 3.85. The number of carbonyl (C=O) groups excluding carboxylic acids is 1. The van der Waals surface area contributed by atoms with Crippen LogP contribution < -0.4 is 4.74 Å². The molecule has 2 aliphatic rings. The number of rotatable bonds is 3. The summed E-state index contributed by atoms with van der Waals surface area (Å²) < 4.78 is 35.8. The van der Waals surface area contributed by atoms with Gasteiger partial charge in [-0.25, -0.2) is 0 Å². The third kappa shape index (κ3) is 3.10. The molecular weight excluding hydrogens is 360 g/mol. The normalized spacial score (nSPS) is 18.8. The SMILES string of the molecule is O=C(c1ccccc1OC(F)F)N1CCC2(CC1)OCCc1sccc12. The first-order valence-corrected chi connectivity index (χ1v) is 9.51. The largest absolute Gasteiger partial charge is 0.434 e. The molecule has 0 radical (unpaired) electrons. The van der Waals surface area contributed by atoms with Crippen LogP contribution in [0.1, 0.15) is 33.6 Å². The molecule has 0 bridgehead atoms. The van der Waals surface area contributed by atoms with Crippen molar-refractivity contribution in [3.63, 3.8) is 0 Å². The maximum atomic E-state index is 12.8. The van der Waals surface area contributed by atoms with Gasteiger partial charge in [0.15, 0.2) is 0 Å². The maximum Gasteiger partial charge on any atom is 0.387 e. The van der Waals surface area contributed by atoms with E-state index in [-0.39, 0.29) is 22.8 Å². The first-order valence-electron chi connectivity index (χ1n) is 8.63. The molecule has 4 nitrogen and oxygen atoms in total. The highest BCUT2D eigenvalue weighted by molar-refractivity contribution is 7.10. The van der Waals surface area contributed by atoms with Gasteiger partial charge in [-0.05, 0) is 42.0 Å². The van der Waals surface area contributed by atoms with E-state index in [0.29, 0.717) is 32.5 Å². The van der Waals surface area contributed by atoms with Crippen molar-refractivity contribution in [3.8, 4) is 5.75 Å². The number of likely N-dealkylation sites (tertiary alicyclic amines) is 1. The molecule has 4 rings (SSSR count). The summed E-state index contributed by atoms with van der Waals surface area (Å²) in [5.41, 5.74) is 1.11. The highest BCUT2D eigenvalue weighted by Gasteiger charge is 2.42. The van der Waals surface area contributed by atoms with E-state index in [1.807, 2.05) is 0 Å². The van der Waals surface area contributed by atoms with Gasteiger partial charge in [-0.3, -0.25) is 4.79 Å². The summed E-state index contributed by atoms with van der Waals surface area (Å²) in [4.78, 5) is 15.9. The molecule has 138 valence electrons. The quantitative estimate of drug-likeness (QED) is 0.808. The zero-order chi connectivity index (χ0) is 18.1. The van der Waals surface area contributed by atoms with Crippen LogP contribution in [0.5, 0.6) is 5.75 Å². The summed E-state index contributed by atoms with van der Waals surface area (Å²) >= 11 is 1.76. The summed E-state index contributed by atoms with van der Waals surface area (Å²) in [5.74, 6) is -0.362. The third-order valence-electron chi connectivity index (χ3n) is 5.14. The highest BCUT2D eigenvalue weighted by Crippen LogP contribution is 2.43. The van der Waals surface area contributed by atoms with Gasteiger partial charge in [0.1, 0.15) is 5.75 Å². The third-order valence-corrected chi connectivity index (χ3v) is 6.12. The van der Waals surface area contributed by atoms with Gasteiger partial charge in [-0.2, -0.15) is 8.78 Å². The van der Waals surface area contributed by atoms with Gasteiger partial charge in [0.2, 0.25) is 0 Å². The lowest BCUT2D eigenvalue weighted by atomic mass is 9.82. The topological polar surface area (TPSA) is 38.8 Å². The van der Waals surface area contributed by atoms with Crippen molar-refractivity contribution < 1.29 is 23.0 Å². The molecule has 3 heterocycles. The number of halogens is 2. The Kier molecular flexibility index (Phi) is 4.67. The van der Waals surface area contributed by atoms with Crippen molar-refractivity contribution in [2.24, 2.45) is 0 Å². The number of nitrogens with zero attached hydrogens (tertiary/aromatic N) is 1. The lowest BCUT2D eigenvalue weighted by Gasteiger charge is -2.44. The van der Waals surface area contributed by atoms with Crippen LogP contribution in [0, 0.1) is 0 Å². The van der Waals surface area contributed by atoms with Crippen molar-refractivity contribution in [1.82, 2.24) is 4.90 Å². The molecule has 0 saturated carbocycles. The number of benzene rings is 1. The molecule has 0 N–H and O–H groups in total. The Morgan fingerprint density at radius 1 is 1.23 bits per heavy atom. The molecule has 2 aliphatic heterocycles. The van der Waals surface area contributed by atoms with E-state index >= 15 is 0 Å². The Morgan fingerprint density at radius 2 is 2.00 bits per heavy atom. The zero-order valence-corrected chi connectivity index (χ0v) is 14.9. The number of piperidine rings is 1. The first kappa shape index (κ1) is 17.4. The van der Waals surface area contributed by atoms with E-state index in [9.17, 15) is 13.6 Å². The first-order chi connectivity index (χ1) is 12.6. The summed E-state index contributed by atoms with van der Waals surface area (Å²) in [6.07, 6.45) is 2.36. The van der Waals surface area contributed by atoms with Gasteiger partial charge in [0.25, 0.3) is 5.91 Å². The van der Waals surface area contributed by atoms with Gasteiger partial charge in [0.05, 0.1) is 17.8 Å². The summed E-state index contributed by atoms with van der Waals surface area (Å²) in [6.45, 7) is -1.21. The average molecular weight is 379 g/mol. The van der Waals surface area contributed by atoms with Crippen LogP contribution >= 0.6 is 11.3 Å². The van der Waals surface area contributed by atoms with Crippen molar-refractivity contribution in [1.29, 1.82) is 0 Å². The molecule has 1 aromatic heterocycles. The second-order valence-corrected chi connectivity index (χ2v) is 7.52. The van der Waals surface area contributed by atoms with E-state index in [0.717, 1.165) is 6.42 Å². The Labute approximate surface area is 154 Å². The Morgan fingerprint density at radius 3 is 2.77 bits per heavy atom. The number of amides is 1. The lowest BCUT2D eigenvalue weighted by molar-refractivity contribution is -0.0927. The molecule has 0 unspecified atom stereocenters. The number of hydrogen-bond acceptors (Lipinski definition) is 4. The number of thiophene rings is 1. The summed E-state index contributed by atoms with van der Waals surface area (Å²) in [5, 5.41) is 2.09. The Bertz CT molecular complexity index is 800. The molecular formula is C19H19F2NO3S. The monoisotopic (exact) mass is 379 g/mol. The summed E-state index contributed by atoms with van der Waals surface area (Å²) in [6, 6.07) is 8.28. The number of hydrogen-bond donors (Lipinski definition) is 0. The van der Waals surface area contributed by atoms with Gasteiger partial charge in [0, 0.05) is 24.4 Å². The molecule has 0 aliphatic carbocycles. The van der Waals surface area contributed by atoms with E-state index in [1.54, 1.807) is 28.4 Å². The molecule has 7 heteroatoms. The standard InChI is InChI=1S/C19H19F2NO3S/c20-18(21)25-15-4-2-1-3-13(15)17(23)22-9-7-19(8-10-22)14-6-12-26-16(14)5-11-24-19/h1-4,6,12,18H,5,7-11H2. The number of fused-ring (bicyclic) bond motifs is 2. The van der Waals surface area contributed by atoms with Crippen LogP contribution in [0.25, 0.3) is 0 Å². The van der Waals surface area contributed by atoms with Crippen LogP contribution in [0.4, 0.5) is 8.78 Å². The van der Waals surface area contributed by atoms with Gasteiger partial charge < -0.3 is 14.4 Å². The van der Waals surface area contributed by atoms with Gasteiger partial charge in [-0.1, -0.05) is 12.1 Å². The molecule has 1 fully saturated rings. The number of carbonyl (C=O) groups is 1. The fourth-order valence-corrected chi connectivity index (χ4v) is 4.80. The van der Waals surface area contributed by atoms with E-state index in [2.05, 4.69) is 16.2 Å². The zero-order valence-electron chi connectivity index (χ0n) is 14.1. The van der Waals surface area contributed by atoms with Crippen LogP contribution in [-0.4, -0.2) is 37.1 Å². The molecule has 1 spiro atoms. The Balaban J connectivity index is 1.50. The van der Waals surface area contributed by atoms with Crippen molar-refractivity contribution in [2.45, 2.75) is 31.5 Å². The van der Waals surface area contributed by atoms with Gasteiger partial charge in [-0.15, -0.1) is 11.3 Å². The van der Waals surface area contributed by atoms with Crippen LogP contribution in [-0.2, 0) is 16.8 Å². The van der Waals surface area contributed by atoms with Crippen molar-refractivity contribution >= 4 is 17.2 Å². The van der Waals surface area contributed by atoms with Gasteiger partial charge >= 0.3 is 6.61 Å². The predicted molar refractivity (Wildman–Crippen MR) is 93.9 cm³/mol. The van der Waals surface area contributed by atoms with Crippen LogP contribution in [0.2, 0.25) is 0 Å². The van der Waals surface area contributed by atoms with E-state index in [1.165, 1.54) is 22.6 Å². The summed E-state index contributed by atoms with van der Waals surface area (Å²) in [7, 11) is 0. The predicted octanol–water partition coefficient (Wildman–Crippen LogP) is 4.05. The molecule has 1 amide bonds. The minimum absolute atomic E-state index is 0.0816. The minimum Gasteiger partial charge on any atom is -0.434 e. The second-order valence-electron chi connectivity index (χ2n) is 6.52. The molecule has 0 atom stereocenters. The Hall–Kier alpha value is -1.99. The number of para-hydroxylation sites is 1.